The predicted octanol–water partition coefficient (Wildman–Crippen LogP) is 2.94. The second-order valence-corrected chi connectivity index (χ2v) is 5.33. The van der Waals surface area contributed by atoms with Crippen LogP contribution < -0.4 is 5.32 Å². The molecular formula is C11H14FNS. The molecule has 1 nitrogen and oxygen atoms in total. The van der Waals surface area contributed by atoms with Crippen LogP contribution in [0.4, 0.5) is 4.39 Å². The van der Waals surface area contributed by atoms with Crippen molar-refractivity contribution in [1.82, 2.24) is 5.32 Å². The summed E-state index contributed by atoms with van der Waals surface area (Å²) in [4.78, 5) is 0. The molecule has 3 heteroatoms. The van der Waals surface area contributed by atoms with Crippen LogP contribution in [0.15, 0.2) is 24.3 Å². The molecular weight excluding hydrogens is 197 g/mol. The monoisotopic (exact) mass is 211 g/mol. The molecule has 1 fully saturated rings. The standard InChI is InChI=1S/C11H14FNS/c1-11(2)7-14-10(13-11)8-5-3-4-6-9(8)12/h3-6,10,13H,7H2,1-2H3. The van der Waals surface area contributed by atoms with E-state index in [0.717, 1.165) is 11.3 Å². The molecule has 0 saturated carbocycles. The SMILES string of the molecule is CC1(C)CSC(c2ccccc2F)N1. The van der Waals surface area contributed by atoms with E-state index < -0.39 is 0 Å². The Morgan fingerprint density at radius 3 is 2.71 bits per heavy atom. The second kappa shape index (κ2) is 3.55. The van der Waals surface area contributed by atoms with Crippen molar-refractivity contribution in [2.45, 2.75) is 24.8 Å². The lowest BCUT2D eigenvalue weighted by molar-refractivity contribution is 0.445. The maximum absolute atomic E-state index is 13.4. The third-order valence-corrected chi connectivity index (χ3v) is 3.91. The molecule has 0 aliphatic carbocycles. The van der Waals surface area contributed by atoms with E-state index in [0.29, 0.717) is 0 Å². The molecule has 1 aliphatic rings. The van der Waals surface area contributed by atoms with Gasteiger partial charge in [0.25, 0.3) is 0 Å². The summed E-state index contributed by atoms with van der Waals surface area (Å²) in [5.74, 6) is 0.904. The molecule has 1 atom stereocenters. The summed E-state index contributed by atoms with van der Waals surface area (Å²) in [6.45, 7) is 4.28. The largest absolute Gasteiger partial charge is 0.296 e. The van der Waals surface area contributed by atoms with Crippen LogP contribution in [0.25, 0.3) is 0 Å². The van der Waals surface area contributed by atoms with Crippen LogP contribution in [0, 0.1) is 5.82 Å². The molecule has 1 aromatic carbocycles. The third-order valence-electron chi connectivity index (χ3n) is 2.32. The first-order valence-corrected chi connectivity index (χ1v) is 5.77. The van der Waals surface area contributed by atoms with E-state index in [9.17, 15) is 4.39 Å². The van der Waals surface area contributed by atoms with Crippen molar-refractivity contribution < 1.29 is 4.39 Å². The van der Waals surface area contributed by atoms with Crippen molar-refractivity contribution in [3.05, 3.63) is 35.6 Å². The molecule has 76 valence electrons. The molecule has 1 unspecified atom stereocenters. The maximum atomic E-state index is 13.4. The van der Waals surface area contributed by atoms with E-state index in [1.165, 1.54) is 6.07 Å². The number of nitrogens with one attached hydrogen (secondary N) is 1. The Kier molecular flexibility index (Phi) is 2.54. The topological polar surface area (TPSA) is 12.0 Å². The summed E-state index contributed by atoms with van der Waals surface area (Å²) in [7, 11) is 0. The second-order valence-electron chi connectivity index (χ2n) is 4.24. The minimum atomic E-state index is -0.116. The smallest absolute Gasteiger partial charge is 0.128 e. The fourth-order valence-electron chi connectivity index (χ4n) is 1.59. The lowest BCUT2D eigenvalue weighted by atomic mass is 10.1. The Morgan fingerprint density at radius 2 is 2.14 bits per heavy atom. The molecule has 1 saturated heterocycles. The molecule has 14 heavy (non-hydrogen) atoms. The minimum Gasteiger partial charge on any atom is -0.296 e. The van der Waals surface area contributed by atoms with Gasteiger partial charge in [-0.3, -0.25) is 5.32 Å². The van der Waals surface area contributed by atoms with E-state index in [4.69, 9.17) is 0 Å². The number of hydrogen-bond acceptors (Lipinski definition) is 2. The molecule has 1 aromatic rings. The van der Waals surface area contributed by atoms with Gasteiger partial charge in [0.15, 0.2) is 0 Å². The van der Waals surface area contributed by atoms with Crippen LogP contribution in [0.1, 0.15) is 24.8 Å². The lowest BCUT2D eigenvalue weighted by Crippen LogP contribution is -2.36. The zero-order valence-corrected chi connectivity index (χ0v) is 9.20. The third kappa shape index (κ3) is 1.93. The highest BCUT2D eigenvalue weighted by Gasteiger charge is 2.32. The zero-order chi connectivity index (χ0) is 10.2. The highest BCUT2D eigenvalue weighted by atomic mass is 32.2. The van der Waals surface area contributed by atoms with Gasteiger partial charge in [-0.15, -0.1) is 11.8 Å². The van der Waals surface area contributed by atoms with Crippen LogP contribution in [-0.4, -0.2) is 11.3 Å². The number of benzene rings is 1. The fraction of sp³-hybridized carbons (Fsp3) is 0.455. The molecule has 0 amide bonds. The van der Waals surface area contributed by atoms with E-state index in [1.54, 1.807) is 17.8 Å². The molecule has 0 aromatic heterocycles. The van der Waals surface area contributed by atoms with Gasteiger partial charge in [-0.2, -0.15) is 0 Å². The molecule has 1 aliphatic heterocycles. The van der Waals surface area contributed by atoms with Crippen molar-refractivity contribution in [3.8, 4) is 0 Å². The molecule has 2 rings (SSSR count). The van der Waals surface area contributed by atoms with Crippen molar-refractivity contribution in [1.29, 1.82) is 0 Å². The summed E-state index contributed by atoms with van der Waals surface area (Å²) in [6.07, 6.45) is 0. The average molecular weight is 211 g/mol. The molecule has 0 bridgehead atoms. The van der Waals surface area contributed by atoms with Gasteiger partial charge in [0.05, 0.1) is 5.37 Å². The zero-order valence-electron chi connectivity index (χ0n) is 8.38. The van der Waals surface area contributed by atoms with Crippen molar-refractivity contribution in [2.75, 3.05) is 5.75 Å². The summed E-state index contributed by atoms with van der Waals surface area (Å²) >= 11 is 1.77. The Hall–Kier alpha value is -0.540. The Morgan fingerprint density at radius 1 is 1.43 bits per heavy atom. The minimum absolute atomic E-state index is 0.103. The van der Waals surface area contributed by atoms with Gasteiger partial charge in [-0.25, -0.2) is 4.39 Å². The molecule has 1 N–H and O–H groups in total. The van der Waals surface area contributed by atoms with Crippen LogP contribution in [0.3, 0.4) is 0 Å². The highest BCUT2D eigenvalue weighted by Crippen LogP contribution is 2.37. The number of halogens is 1. The molecule has 0 spiro atoms. The predicted molar refractivity (Wildman–Crippen MR) is 58.8 cm³/mol. The highest BCUT2D eigenvalue weighted by molar-refractivity contribution is 7.99. The van der Waals surface area contributed by atoms with Gasteiger partial charge in [-0.05, 0) is 19.9 Å². The van der Waals surface area contributed by atoms with Gasteiger partial charge in [0.2, 0.25) is 0 Å². The van der Waals surface area contributed by atoms with E-state index >= 15 is 0 Å². The van der Waals surface area contributed by atoms with Crippen molar-refractivity contribution in [2.24, 2.45) is 0 Å². The average Bonchev–Trinajstić information content (AvgIpc) is 2.47. The van der Waals surface area contributed by atoms with Crippen molar-refractivity contribution in [3.63, 3.8) is 0 Å². The number of hydrogen-bond donors (Lipinski definition) is 1. The van der Waals surface area contributed by atoms with Crippen molar-refractivity contribution >= 4 is 11.8 Å². The molecule has 0 radical (unpaired) electrons. The number of rotatable bonds is 1. The van der Waals surface area contributed by atoms with Crippen LogP contribution in [-0.2, 0) is 0 Å². The first kappa shape index (κ1) is 9.99. The number of thioether (sulfide) groups is 1. The van der Waals surface area contributed by atoms with E-state index in [-0.39, 0.29) is 16.7 Å². The summed E-state index contributed by atoms with van der Waals surface area (Å²) in [5.41, 5.74) is 0.875. The Labute approximate surface area is 88.1 Å². The van der Waals surface area contributed by atoms with E-state index in [2.05, 4.69) is 19.2 Å². The summed E-state index contributed by atoms with van der Waals surface area (Å²) in [6, 6.07) is 6.97. The quantitative estimate of drug-likeness (QED) is 0.766. The van der Waals surface area contributed by atoms with Gasteiger partial charge in [0, 0.05) is 16.9 Å². The van der Waals surface area contributed by atoms with Crippen LogP contribution >= 0.6 is 11.8 Å². The Bertz CT molecular complexity index is 338. The Balaban J connectivity index is 2.22. The summed E-state index contributed by atoms with van der Waals surface area (Å²) < 4.78 is 13.4. The van der Waals surface area contributed by atoms with Crippen LogP contribution in [0.2, 0.25) is 0 Å². The normalized spacial score (nSPS) is 25.2. The fourth-order valence-corrected chi connectivity index (χ4v) is 3.02. The lowest BCUT2D eigenvalue weighted by Gasteiger charge is -2.19. The maximum Gasteiger partial charge on any atom is 0.128 e. The molecule has 1 heterocycles. The first-order valence-electron chi connectivity index (χ1n) is 4.72. The van der Waals surface area contributed by atoms with E-state index in [1.807, 2.05) is 12.1 Å². The summed E-state index contributed by atoms with van der Waals surface area (Å²) in [5, 5.41) is 3.51. The van der Waals surface area contributed by atoms with Gasteiger partial charge in [0.1, 0.15) is 5.82 Å². The first-order chi connectivity index (χ1) is 6.58. The van der Waals surface area contributed by atoms with Gasteiger partial charge >= 0.3 is 0 Å². The van der Waals surface area contributed by atoms with Gasteiger partial charge < -0.3 is 0 Å². The van der Waals surface area contributed by atoms with Gasteiger partial charge in [-0.1, -0.05) is 18.2 Å². The van der Waals surface area contributed by atoms with Crippen LogP contribution in [0.5, 0.6) is 0 Å².